The number of nitrogens with two attached hydrogens (primary N) is 1. The number of nitrogens with zero attached hydrogens (tertiary/aromatic N) is 4. The number of fused-ring (bicyclic) bond motifs is 1. The predicted octanol–water partition coefficient (Wildman–Crippen LogP) is 2.30. The van der Waals surface area contributed by atoms with Gasteiger partial charge in [-0.25, -0.2) is 9.17 Å². The number of rotatable bonds is 6. The van der Waals surface area contributed by atoms with Crippen LogP contribution < -0.4 is 10.5 Å². The highest BCUT2D eigenvalue weighted by Gasteiger charge is 2.17. The molecule has 0 aromatic carbocycles. The topological polar surface area (TPSA) is 142 Å². The minimum atomic E-state index is -4.50. The second-order valence-electron chi connectivity index (χ2n) is 6.59. The SMILES string of the molecule is COc1c(C)cnc(Cn2cc(C#CCCOS(=O)(=O)O)c3c(Cl)nc(N)nc32)c1C. The summed E-state index contributed by atoms with van der Waals surface area (Å²) in [4.78, 5) is 12.8. The van der Waals surface area contributed by atoms with Gasteiger partial charge >= 0.3 is 10.4 Å². The standard InChI is InChI=1S/C19H20ClN5O5S/c1-11-8-22-14(12(2)16(11)29-3)10-25-9-13(6-4-5-7-30-31(26,27)28)15-17(20)23-19(21)24-18(15)25/h8-9H,5,7,10H2,1-3H3,(H2,21,23,24)(H,26,27,28). The van der Waals surface area contributed by atoms with E-state index in [4.69, 9.17) is 26.6 Å². The van der Waals surface area contributed by atoms with Crippen LogP contribution in [0.1, 0.15) is 28.8 Å². The summed E-state index contributed by atoms with van der Waals surface area (Å²) in [5.41, 5.74) is 9.39. The minimum absolute atomic E-state index is 0.0177. The average Bonchev–Trinajstić information content (AvgIpc) is 3.01. The maximum absolute atomic E-state index is 10.6. The monoisotopic (exact) mass is 465 g/mol. The highest BCUT2D eigenvalue weighted by Crippen LogP contribution is 2.29. The first kappa shape index (κ1) is 22.8. The van der Waals surface area contributed by atoms with E-state index in [9.17, 15) is 8.42 Å². The molecule has 0 radical (unpaired) electrons. The molecular weight excluding hydrogens is 446 g/mol. The van der Waals surface area contributed by atoms with E-state index >= 15 is 0 Å². The largest absolute Gasteiger partial charge is 0.496 e. The molecule has 0 amide bonds. The Hall–Kier alpha value is -2.91. The molecule has 3 aromatic heterocycles. The van der Waals surface area contributed by atoms with Crippen molar-refractivity contribution in [3.8, 4) is 17.6 Å². The van der Waals surface area contributed by atoms with Crippen molar-refractivity contribution in [3.63, 3.8) is 0 Å². The Bertz CT molecular complexity index is 1310. The molecule has 0 atom stereocenters. The molecule has 3 rings (SSSR count). The molecule has 0 aliphatic heterocycles. The van der Waals surface area contributed by atoms with Crippen molar-refractivity contribution in [2.75, 3.05) is 19.5 Å². The number of hydrogen-bond acceptors (Lipinski definition) is 8. The van der Waals surface area contributed by atoms with Crippen molar-refractivity contribution in [3.05, 3.63) is 39.9 Å². The molecule has 3 heterocycles. The van der Waals surface area contributed by atoms with E-state index in [1.165, 1.54) is 0 Å². The first-order chi connectivity index (χ1) is 14.6. The number of hydrogen-bond donors (Lipinski definition) is 2. The first-order valence-corrected chi connectivity index (χ1v) is 10.8. The van der Waals surface area contributed by atoms with Crippen molar-refractivity contribution < 1.29 is 21.9 Å². The molecule has 0 fully saturated rings. The molecule has 12 heteroatoms. The fraction of sp³-hybridized carbons (Fsp3) is 0.316. The van der Waals surface area contributed by atoms with Gasteiger partial charge in [0.1, 0.15) is 16.5 Å². The van der Waals surface area contributed by atoms with E-state index in [1.54, 1.807) is 19.5 Å². The van der Waals surface area contributed by atoms with Gasteiger partial charge in [-0.1, -0.05) is 23.4 Å². The van der Waals surface area contributed by atoms with Crippen LogP contribution in [0.4, 0.5) is 5.95 Å². The smallest absolute Gasteiger partial charge is 0.397 e. The van der Waals surface area contributed by atoms with Crippen molar-refractivity contribution in [2.24, 2.45) is 0 Å². The van der Waals surface area contributed by atoms with Crippen molar-refractivity contribution >= 4 is 39.0 Å². The lowest BCUT2D eigenvalue weighted by molar-refractivity contribution is 0.275. The van der Waals surface area contributed by atoms with Crippen LogP contribution in [0.15, 0.2) is 12.4 Å². The van der Waals surface area contributed by atoms with Gasteiger partial charge in [-0.05, 0) is 13.8 Å². The number of aryl methyl sites for hydroxylation is 1. The zero-order chi connectivity index (χ0) is 22.8. The molecule has 164 valence electrons. The number of ether oxygens (including phenoxy) is 1. The minimum Gasteiger partial charge on any atom is -0.496 e. The van der Waals surface area contributed by atoms with Crippen LogP contribution in [0.25, 0.3) is 11.0 Å². The summed E-state index contributed by atoms with van der Waals surface area (Å²) in [5, 5.41) is 0.654. The van der Waals surface area contributed by atoms with Crippen molar-refractivity contribution in [1.29, 1.82) is 0 Å². The van der Waals surface area contributed by atoms with Gasteiger partial charge < -0.3 is 15.0 Å². The Morgan fingerprint density at radius 3 is 2.74 bits per heavy atom. The lowest BCUT2D eigenvalue weighted by Gasteiger charge is -2.13. The maximum atomic E-state index is 10.6. The predicted molar refractivity (Wildman–Crippen MR) is 115 cm³/mol. The molecule has 10 nitrogen and oxygen atoms in total. The summed E-state index contributed by atoms with van der Waals surface area (Å²) in [6, 6.07) is 0. The van der Waals surface area contributed by atoms with Crippen molar-refractivity contribution in [2.45, 2.75) is 26.8 Å². The lowest BCUT2D eigenvalue weighted by Crippen LogP contribution is -2.07. The molecule has 0 unspecified atom stereocenters. The molecule has 0 aliphatic rings. The van der Waals surface area contributed by atoms with Crippen LogP contribution in [-0.2, 0) is 21.1 Å². The van der Waals surface area contributed by atoms with E-state index in [0.717, 1.165) is 22.6 Å². The summed E-state index contributed by atoms with van der Waals surface area (Å²) in [6.45, 7) is 3.92. The van der Waals surface area contributed by atoms with Gasteiger partial charge in [0.25, 0.3) is 0 Å². The van der Waals surface area contributed by atoms with E-state index < -0.39 is 10.4 Å². The van der Waals surface area contributed by atoms with Gasteiger partial charge in [-0.15, -0.1) is 0 Å². The zero-order valence-electron chi connectivity index (χ0n) is 17.0. The van der Waals surface area contributed by atoms with Gasteiger partial charge in [0.2, 0.25) is 5.95 Å². The molecule has 0 saturated carbocycles. The summed E-state index contributed by atoms with van der Waals surface area (Å²) in [5.74, 6) is 6.46. The fourth-order valence-electron chi connectivity index (χ4n) is 3.12. The van der Waals surface area contributed by atoms with Gasteiger partial charge in [0.05, 0.1) is 36.9 Å². The molecule has 3 aromatic rings. The highest BCUT2D eigenvalue weighted by molar-refractivity contribution is 7.80. The molecule has 0 spiro atoms. The number of halogens is 1. The highest BCUT2D eigenvalue weighted by atomic mass is 35.5. The van der Waals surface area contributed by atoms with E-state index in [1.807, 2.05) is 18.4 Å². The number of aromatic nitrogens is 4. The molecule has 0 saturated heterocycles. The number of nitrogen functional groups attached to an aromatic ring is 1. The molecule has 31 heavy (non-hydrogen) atoms. The second-order valence-corrected chi connectivity index (χ2v) is 8.04. The van der Waals surface area contributed by atoms with Gasteiger partial charge in [0.15, 0.2) is 0 Å². The number of methoxy groups -OCH3 is 1. The fourth-order valence-corrected chi connectivity index (χ4v) is 3.69. The summed E-state index contributed by atoms with van der Waals surface area (Å²) < 4.78 is 41.3. The lowest BCUT2D eigenvalue weighted by atomic mass is 10.1. The van der Waals surface area contributed by atoms with Crippen LogP contribution in [0, 0.1) is 25.7 Å². The summed E-state index contributed by atoms with van der Waals surface area (Å²) in [7, 11) is -2.89. The molecular formula is C19H20ClN5O5S. The summed E-state index contributed by atoms with van der Waals surface area (Å²) >= 11 is 6.30. The van der Waals surface area contributed by atoms with Crippen LogP contribution in [0.5, 0.6) is 5.75 Å². The number of pyridine rings is 1. The van der Waals surface area contributed by atoms with E-state index in [0.29, 0.717) is 23.1 Å². The maximum Gasteiger partial charge on any atom is 0.397 e. The van der Waals surface area contributed by atoms with Crippen LogP contribution in [0.3, 0.4) is 0 Å². The third-order valence-corrected chi connectivity index (χ3v) is 5.18. The van der Waals surface area contributed by atoms with Crippen LogP contribution in [-0.4, -0.2) is 46.2 Å². The Morgan fingerprint density at radius 1 is 1.32 bits per heavy atom. The molecule has 0 aliphatic carbocycles. The third-order valence-electron chi connectivity index (χ3n) is 4.44. The Labute approximate surface area is 184 Å². The molecule has 3 N–H and O–H groups in total. The van der Waals surface area contributed by atoms with Gasteiger partial charge in [-0.2, -0.15) is 13.4 Å². The van der Waals surface area contributed by atoms with Crippen molar-refractivity contribution in [1.82, 2.24) is 19.5 Å². The van der Waals surface area contributed by atoms with Gasteiger partial charge in [0, 0.05) is 29.9 Å². The second kappa shape index (κ2) is 9.07. The molecule has 0 bridgehead atoms. The average molecular weight is 466 g/mol. The normalized spacial score (nSPS) is 11.4. The van der Waals surface area contributed by atoms with Crippen LogP contribution in [0.2, 0.25) is 5.15 Å². The zero-order valence-corrected chi connectivity index (χ0v) is 18.6. The number of anilines is 1. The van der Waals surface area contributed by atoms with Gasteiger partial charge in [-0.3, -0.25) is 9.54 Å². The Kier molecular flexibility index (Phi) is 6.66. The Morgan fingerprint density at radius 2 is 2.06 bits per heavy atom. The first-order valence-electron chi connectivity index (χ1n) is 9.02. The quantitative estimate of drug-likeness (QED) is 0.242. The Balaban J connectivity index is 2.00. The van der Waals surface area contributed by atoms with Crippen LogP contribution >= 0.6 is 11.6 Å². The van der Waals surface area contributed by atoms with E-state index in [-0.39, 0.29) is 24.1 Å². The third kappa shape index (κ3) is 5.23. The van der Waals surface area contributed by atoms with E-state index in [2.05, 4.69) is 31.0 Å². The summed E-state index contributed by atoms with van der Waals surface area (Å²) in [6.07, 6.45) is 3.55.